The Morgan fingerprint density at radius 1 is 1.62 bits per heavy atom. The lowest BCUT2D eigenvalue weighted by Gasteiger charge is -2.01. The smallest absolute Gasteiger partial charge is 0.309 e. The lowest BCUT2D eigenvalue weighted by atomic mass is 10.2. The number of H-pyrrole nitrogens is 1. The van der Waals surface area contributed by atoms with Gasteiger partial charge in [-0.1, -0.05) is 0 Å². The summed E-state index contributed by atoms with van der Waals surface area (Å²) in [5, 5.41) is 8.46. The van der Waals surface area contributed by atoms with Gasteiger partial charge < -0.3 is 14.8 Å². The number of hydrogen-bond acceptors (Lipinski definition) is 3. The number of carbonyl (C=O) groups is 1. The lowest BCUT2D eigenvalue weighted by molar-refractivity contribution is -0.136. The molecule has 0 aliphatic heterocycles. The number of methoxy groups -OCH3 is 1. The van der Waals surface area contributed by atoms with Crippen LogP contribution in [0.2, 0.25) is 0 Å². The molecule has 2 N–H and O–H groups in total. The molecule has 0 atom stereocenters. The topological polar surface area (TPSA) is 79.4 Å². The summed E-state index contributed by atoms with van der Waals surface area (Å²) in [7, 11) is 1.42. The molecule has 0 spiro atoms. The zero-order chi connectivity index (χ0) is 9.84. The van der Waals surface area contributed by atoms with Gasteiger partial charge in [0.1, 0.15) is 5.75 Å². The Morgan fingerprint density at radius 2 is 2.31 bits per heavy atom. The Labute approximate surface area is 74.0 Å². The third kappa shape index (κ3) is 2.62. The van der Waals surface area contributed by atoms with Crippen molar-refractivity contribution in [2.75, 3.05) is 7.11 Å². The monoisotopic (exact) mass is 183 g/mol. The molecule has 70 valence electrons. The Hall–Kier alpha value is -1.78. The van der Waals surface area contributed by atoms with E-state index < -0.39 is 5.97 Å². The molecular formula is C8H9NO4. The molecule has 0 amide bonds. The Balaban J connectivity index is 3.01. The van der Waals surface area contributed by atoms with Crippen LogP contribution >= 0.6 is 0 Å². The van der Waals surface area contributed by atoms with E-state index in [1.807, 2.05) is 0 Å². The summed E-state index contributed by atoms with van der Waals surface area (Å²) in [6.45, 7) is 0. The highest BCUT2D eigenvalue weighted by Crippen LogP contribution is 2.07. The maximum Gasteiger partial charge on any atom is 0.309 e. The van der Waals surface area contributed by atoms with Gasteiger partial charge in [0, 0.05) is 17.8 Å². The van der Waals surface area contributed by atoms with Crippen molar-refractivity contribution in [1.29, 1.82) is 0 Å². The van der Waals surface area contributed by atoms with Crippen LogP contribution < -0.4 is 10.3 Å². The van der Waals surface area contributed by atoms with Crippen LogP contribution in [0.1, 0.15) is 5.69 Å². The van der Waals surface area contributed by atoms with E-state index in [-0.39, 0.29) is 12.0 Å². The van der Waals surface area contributed by atoms with Crippen molar-refractivity contribution in [3.8, 4) is 5.75 Å². The largest absolute Gasteiger partial charge is 0.496 e. The van der Waals surface area contributed by atoms with Gasteiger partial charge in [0.2, 0.25) is 0 Å². The van der Waals surface area contributed by atoms with Crippen molar-refractivity contribution in [1.82, 2.24) is 4.98 Å². The number of aromatic amines is 1. The van der Waals surface area contributed by atoms with Crippen LogP contribution in [-0.2, 0) is 11.2 Å². The zero-order valence-corrected chi connectivity index (χ0v) is 7.03. The average Bonchev–Trinajstić information content (AvgIpc) is 2.01. The predicted molar refractivity (Wildman–Crippen MR) is 45.0 cm³/mol. The minimum absolute atomic E-state index is 0.216. The third-order valence-electron chi connectivity index (χ3n) is 1.45. The van der Waals surface area contributed by atoms with E-state index in [9.17, 15) is 9.59 Å². The number of ether oxygens (including phenoxy) is 1. The second-order valence-corrected chi connectivity index (χ2v) is 2.48. The molecule has 0 radical (unpaired) electrons. The number of aromatic nitrogens is 1. The van der Waals surface area contributed by atoms with Gasteiger partial charge in [0.05, 0.1) is 13.5 Å². The fourth-order valence-electron chi connectivity index (χ4n) is 0.949. The fraction of sp³-hybridized carbons (Fsp3) is 0.250. The maximum absolute atomic E-state index is 10.9. The first-order valence-corrected chi connectivity index (χ1v) is 3.61. The van der Waals surface area contributed by atoms with E-state index in [4.69, 9.17) is 9.84 Å². The van der Waals surface area contributed by atoms with Crippen molar-refractivity contribution in [3.05, 3.63) is 28.2 Å². The summed E-state index contributed by atoms with van der Waals surface area (Å²) in [5.41, 5.74) is -0.0348. The van der Waals surface area contributed by atoms with Gasteiger partial charge >= 0.3 is 5.97 Å². The number of hydrogen-bond donors (Lipinski definition) is 2. The molecular weight excluding hydrogens is 174 g/mol. The normalized spacial score (nSPS) is 9.62. The number of nitrogens with one attached hydrogen (secondary N) is 1. The molecule has 1 heterocycles. The number of aliphatic carboxylic acids is 1. The number of carboxylic acids is 1. The summed E-state index contributed by atoms with van der Waals surface area (Å²) in [5.74, 6) is -0.635. The van der Waals surface area contributed by atoms with Gasteiger partial charge in [0.25, 0.3) is 5.56 Å². The van der Waals surface area contributed by atoms with Crippen molar-refractivity contribution >= 4 is 5.97 Å². The predicted octanol–water partition coefficient (Wildman–Crippen LogP) is 0.0106. The Morgan fingerprint density at radius 3 is 2.85 bits per heavy atom. The first kappa shape index (κ1) is 9.31. The molecule has 0 bridgehead atoms. The molecule has 13 heavy (non-hydrogen) atoms. The summed E-state index contributed by atoms with van der Waals surface area (Å²) in [6, 6.07) is 2.74. The summed E-state index contributed by atoms with van der Waals surface area (Å²) in [6.07, 6.45) is -0.216. The van der Waals surface area contributed by atoms with E-state index >= 15 is 0 Å². The van der Waals surface area contributed by atoms with Crippen LogP contribution in [-0.4, -0.2) is 23.2 Å². The first-order chi connectivity index (χ1) is 6.11. The van der Waals surface area contributed by atoms with Gasteiger partial charge in [-0.2, -0.15) is 0 Å². The molecule has 5 nitrogen and oxygen atoms in total. The van der Waals surface area contributed by atoms with Crippen molar-refractivity contribution in [2.24, 2.45) is 0 Å². The second-order valence-electron chi connectivity index (χ2n) is 2.48. The number of carboxylic acid groups (broad SMARTS) is 1. The molecule has 1 aromatic rings. The molecule has 0 fully saturated rings. The van der Waals surface area contributed by atoms with Crippen molar-refractivity contribution < 1.29 is 14.6 Å². The molecule has 5 heteroatoms. The van der Waals surface area contributed by atoms with Crippen LogP contribution in [0.15, 0.2) is 16.9 Å². The molecule has 0 saturated heterocycles. The van der Waals surface area contributed by atoms with Crippen LogP contribution in [0.25, 0.3) is 0 Å². The lowest BCUT2D eigenvalue weighted by Crippen LogP contribution is -2.11. The molecule has 0 aliphatic rings. The standard InChI is InChI=1S/C8H9NO4/c1-13-6-2-5(3-8(11)12)9-7(10)4-6/h2,4H,3H2,1H3,(H,9,10)(H,11,12). The minimum Gasteiger partial charge on any atom is -0.496 e. The molecule has 1 rings (SSSR count). The fourth-order valence-corrected chi connectivity index (χ4v) is 0.949. The van der Waals surface area contributed by atoms with Crippen molar-refractivity contribution in [3.63, 3.8) is 0 Å². The molecule has 0 unspecified atom stereocenters. The van der Waals surface area contributed by atoms with Gasteiger partial charge in [0.15, 0.2) is 0 Å². The molecule has 0 aromatic carbocycles. The van der Waals surface area contributed by atoms with E-state index in [2.05, 4.69) is 4.98 Å². The van der Waals surface area contributed by atoms with Gasteiger partial charge in [-0.3, -0.25) is 9.59 Å². The van der Waals surface area contributed by atoms with Gasteiger partial charge in [-0.25, -0.2) is 0 Å². The van der Waals surface area contributed by atoms with Crippen LogP contribution in [0.3, 0.4) is 0 Å². The van der Waals surface area contributed by atoms with Crippen LogP contribution in [0, 0.1) is 0 Å². The second kappa shape index (κ2) is 3.75. The van der Waals surface area contributed by atoms with Crippen LogP contribution in [0.5, 0.6) is 5.75 Å². The average molecular weight is 183 g/mol. The summed E-state index contributed by atoms with van der Waals surface area (Å²) >= 11 is 0. The third-order valence-corrected chi connectivity index (χ3v) is 1.45. The summed E-state index contributed by atoms with van der Waals surface area (Å²) < 4.78 is 4.80. The Bertz CT molecular complexity index is 369. The highest BCUT2D eigenvalue weighted by molar-refractivity contribution is 5.69. The highest BCUT2D eigenvalue weighted by atomic mass is 16.5. The number of rotatable bonds is 3. The first-order valence-electron chi connectivity index (χ1n) is 3.61. The van der Waals surface area contributed by atoms with E-state index in [0.717, 1.165) is 0 Å². The van der Waals surface area contributed by atoms with Gasteiger partial charge in [-0.15, -0.1) is 0 Å². The van der Waals surface area contributed by atoms with Gasteiger partial charge in [-0.05, 0) is 0 Å². The quantitative estimate of drug-likeness (QED) is 0.691. The molecule has 0 aliphatic carbocycles. The Kier molecular flexibility index (Phi) is 2.69. The van der Waals surface area contributed by atoms with Crippen molar-refractivity contribution in [2.45, 2.75) is 6.42 Å². The number of pyridine rings is 1. The van der Waals surface area contributed by atoms with Crippen LogP contribution in [0.4, 0.5) is 0 Å². The highest BCUT2D eigenvalue weighted by Gasteiger charge is 2.03. The molecule has 1 aromatic heterocycles. The zero-order valence-electron chi connectivity index (χ0n) is 7.03. The van der Waals surface area contributed by atoms with E-state index in [1.165, 1.54) is 19.2 Å². The summed E-state index contributed by atoms with van der Waals surface area (Å²) in [4.78, 5) is 23.6. The van der Waals surface area contributed by atoms with E-state index in [1.54, 1.807) is 0 Å². The van der Waals surface area contributed by atoms with E-state index in [0.29, 0.717) is 11.4 Å². The SMILES string of the molecule is COc1cc(CC(=O)O)[nH]c(=O)c1. The molecule has 0 saturated carbocycles. The maximum atomic E-state index is 10.9. The minimum atomic E-state index is -0.996.